The number of carbonyl (C=O) groups excluding carboxylic acids is 12. The van der Waals surface area contributed by atoms with Gasteiger partial charge in [0.1, 0.15) is 35.7 Å². The Balaban J connectivity index is 0.00000103. The molecular formula is C102H156O35. The normalized spacial score (nSPS) is 19.8. The average molecular weight is 1940 g/mol. The summed E-state index contributed by atoms with van der Waals surface area (Å²) in [5, 5.41) is 142. The van der Waals surface area contributed by atoms with Crippen molar-refractivity contribution in [3.63, 3.8) is 0 Å². The van der Waals surface area contributed by atoms with Gasteiger partial charge in [0.25, 0.3) is 0 Å². The Morgan fingerprint density at radius 1 is 0.299 bits per heavy atom. The van der Waals surface area contributed by atoms with Gasteiger partial charge in [-0.05, 0) is 191 Å². The number of rotatable bonds is 63. The van der Waals surface area contributed by atoms with Gasteiger partial charge < -0.3 is 99.9 Å². The third-order valence-electron chi connectivity index (χ3n) is 25.9. The molecule has 0 bridgehead atoms. The van der Waals surface area contributed by atoms with Crippen LogP contribution in [-0.4, -0.2) is 246 Å². The van der Waals surface area contributed by atoms with Crippen molar-refractivity contribution in [3.8, 4) is 0 Å². The van der Waals surface area contributed by atoms with E-state index in [9.17, 15) is 128 Å². The average Bonchev–Trinajstić information content (AvgIpc) is 1.69. The zero-order valence-corrected chi connectivity index (χ0v) is 83.6. The van der Waals surface area contributed by atoms with Crippen molar-refractivity contribution in [1.82, 2.24) is 0 Å². The van der Waals surface area contributed by atoms with Crippen molar-refractivity contribution in [2.75, 3.05) is 0 Å². The van der Waals surface area contributed by atoms with Gasteiger partial charge in [0.2, 0.25) is 0 Å². The van der Waals surface area contributed by atoms with Crippen LogP contribution in [0.2, 0.25) is 0 Å². The maximum atomic E-state index is 12.9. The van der Waals surface area contributed by atoms with Gasteiger partial charge in [-0.3, -0.25) is 28.8 Å². The van der Waals surface area contributed by atoms with Gasteiger partial charge in [-0.15, -0.1) is 0 Å². The molecule has 2 unspecified atom stereocenters. The van der Waals surface area contributed by atoms with Crippen molar-refractivity contribution in [2.24, 2.45) is 71.0 Å². The highest BCUT2D eigenvalue weighted by Crippen LogP contribution is 2.33. The molecule has 26 atom stereocenters. The molecule has 0 saturated carbocycles. The molecular weight excluding hydrogens is 1790 g/mol. The summed E-state index contributed by atoms with van der Waals surface area (Å²) >= 11 is 0. The molecule has 0 aromatic heterocycles. The topological polar surface area (TPSA) is 595 Å². The monoisotopic (exact) mass is 1940 g/mol. The second-order valence-corrected chi connectivity index (χ2v) is 37.8. The Morgan fingerprint density at radius 2 is 0.540 bits per heavy atom. The number of aliphatic hydroxyl groups excluding tert-OH is 11. The van der Waals surface area contributed by atoms with E-state index < -0.39 is 212 Å². The summed E-state index contributed by atoms with van der Waals surface area (Å²) < 4.78 is 29.2. The van der Waals surface area contributed by atoms with Crippen LogP contribution < -0.4 is 0 Å². The van der Waals surface area contributed by atoms with Crippen LogP contribution in [0.1, 0.15) is 287 Å². The van der Waals surface area contributed by atoms with E-state index in [0.29, 0.717) is 69.6 Å². The van der Waals surface area contributed by atoms with E-state index in [1.54, 1.807) is 59.8 Å². The molecule has 3 aliphatic heterocycles. The van der Waals surface area contributed by atoms with E-state index in [4.69, 9.17) is 29.5 Å². The van der Waals surface area contributed by atoms with Crippen LogP contribution in [-0.2, 0) is 100 Å². The van der Waals surface area contributed by atoms with E-state index in [1.165, 1.54) is 53.7 Å². The number of carboxylic acid groups (broad SMARTS) is 3. The van der Waals surface area contributed by atoms with Gasteiger partial charge in [-0.1, -0.05) is 146 Å². The quantitative estimate of drug-likeness (QED) is 0.00884. The van der Waals surface area contributed by atoms with Gasteiger partial charge in [0.15, 0.2) is 0 Å². The molecule has 0 saturated heterocycles. The maximum Gasteiger partial charge on any atom is 0.345 e. The van der Waals surface area contributed by atoms with Gasteiger partial charge >= 0.3 is 71.6 Å². The van der Waals surface area contributed by atoms with Crippen LogP contribution in [0.3, 0.4) is 0 Å². The molecule has 774 valence electrons. The third kappa shape index (κ3) is 46.9. The Labute approximate surface area is 805 Å². The van der Waals surface area contributed by atoms with Crippen LogP contribution in [0.25, 0.3) is 0 Å². The molecule has 35 heteroatoms. The SMILES string of the molecule is CCC(/C=C/C(=O)O)=C\C(O)C[C@H](C)C[C@@H](C)CC[C@H](O)[C@H](C)C(=O)C[C@@H](O)[C@H](C)[C@@H](C)OC(=O)C[C@@H](O)C1=C(C)C(=O)OC1=O.CCC(/C=C/C(=O)O)=C\C(O)C[C@H](C)C[C@@H](C)CC[C@H](O)[C@H](C)C(=O)C[C@@H](O)[C@H](C)[C@@H](C)OC(=O)C[C@@H](O)C1=C(C)C(=O)OC1=O.CCC(/C=C/C(=O)O)=C\CC[C@H](C)C[C@@H](C)CC[C@H](O)[C@H](C)C(=O)C[C@@H](O)[C@H](C)[C@@H](C)OC(=O)C[C@@H](O)C1=C(C)C(=O)OC1=O. The third-order valence-corrected chi connectivity index (χ3v) is 25.9. The minimum Gasteiger partial charge on any atom is -0.478 e. The fourth-order valence-electron chi connectivity index (χ4n) is 16.1. The molecule has 137 heavy (non-hydrogen) atoms. The predicted octanol–water partition coefficient (Wildman–Crippen LogP) is 10.6. The number of Topliss-reactive ketones (excluding diaryl/α,β-unsaturated/α-hetero) is 3. The van der Waals surface area contributed by atoms with Gasteiger partial charge in [0.05, 0.1) is 103 Å². The van der Waals surface area contributed by atoms with Gasteiger partial charge in [-0.25, -0.2) is 43.2 Å². The molecule has 0 fully saturated rings. The van der Waals surface area contributed by atoms with Crippen molar-refractivity contribution in [1.29, 1.82) is 0 Å². The summed E-state index contributed by atoms with van der Waals surface area (Å²) in [6.07, 6.45) is 6.33. The van der Waals surface area contributed by atoms with E-state index >= 15 is 0 Å². The molecule has 35 nitrogen and oxygen atoms in total. The molecule has 0 aromatic carbocycles. The van der Waals surface area contributed by atoms with Crippen LogP contribution in [0, 0.1) is 71.0 Å². The standard InChI is InChI=1S/2C34H52O12.C34H52O11/c2*1-8-24(10-12-30(40)41)15-25(35)14-19(3)13-18(2)9-11-26(36)21(5)28(38)16-27(37)20(4)23(7)45-31(42)17-29(39)32-22(6)33(43)46-34(32)44;1-8-25(13-15-30(39)40)11-9-10-19(2)16-20(3)12-14-26(35)22(5)28(37)17-27(36)21(4)24(7)44-31(41)18-29(38)32-23(6)33(42)45-34(32)43/h2*10,12,15,18-21,23,25-27,29,35-37,39H,8-9,11,13-14,16-17H2,1-7H3,(H,40,41);11,13,15,19-22,24,26-27,29,35-36,38H,8-10,12,14,16-18H2,1-7H3,(H,39,40)/b2*12-10+,24-15+;15-13+,25-11+/t2*18-,19+,20+,21-,23+,25?,26-,27+,29+;19-,20-,21+,22-,24+,26-,27+,29+/m000/s1. The number of allylic oxidation sites excluding steroid dienone is 7. The number of ketones is 3. The first-order chi connectivity index (χ1) is 63.7. The summed E-state index contributed by atoms with van der Waals surface area (Å²) in [5.41, 5.74) is 1.34. The van der Waals surface area contributed by atoms with E-state index in [1.807, 2.05) is 48.5 Å². The summed E-state index contributed by atoms with van der Waals surface area (Å²) in [4.78, 5) is 177. The van der Waals surface area contributed by atoms with Crippen molar-refractivity contribution >= 4 is 89.0 Å². The summed E-state index contributed by atoms with van der Waals surface area (Å²) in [6.45, 7) is 36.3. The highest BCUT2D eigenvalue weighted by atomic mass is 16.6. The number of ether oxygens (including phenoxy) is 6. The van der Waals surface area contributed by atoms with E-state index in [0.717, 1.165) is 79.9 Å². The molecule has 0 aliphatic carbocycles. The lowest BCUT2D eigenvalue weighted by atomic mass is 9.85. The minimum absolute atomic E-state index is 0.0737. The second-order valence-electron chi connectivity index (χ2n) is 37.8. The Morgan fingerprint density at radius 3 is 0.774 bits per heavy atom. The van der Waals surface area contributed by atoms with Crippen LogP contribution in [0.5, 0.6) is 0 Å². The first kappa shape index (κ1) is 125. The highest BCUT2D eigenvalue weighted by molar-refractivity contribution is 6.14. The summed E-state index contributed by atoms with van der Waals surface area (Å²) in [5.74, 6) is -14.9. The molecule has 3 aliphatic rings. The second kappa shape index (κ2) is 63.2. The van der Waals surface area contributed by atoms with E-state index in [-0.39, 0.29) is 93.7 Å². The lowest BCUT2D eigenvalue weighted by molar-refractivity contribution is -0.157. The molecule has 0 amide bonds. The molecule has 3 rings (SSSR count). The number of hydrogen-bond donors (Lipinski definition) is 14. The number of aliphatic hydroxyl groups is 11. The zero-order valence-electron chi connectivity index (χ0n) is 83.6. The maximum absolute atomic E-state index is 12.9. The molecule has 0 spiro atoms. The Bertz CT molecular complexity index is 4140. The number of aliphatic carboxylic acids is 3. The van der Waals surface area contributed by atoms with Crippen LogP contribution in [0.15, 0.2) is 105 Å². The number of esters is 9. The lowest BCUT2D eigenvalue weighted by Gasteiger charge is -2.27. The lowest BCUT2D eigenvalue weighted by Crippen LogP contribution is -2.36. The molecule has 3 heterocycles. The van der Waals surface area contributed by atoms with Crippen molar-refractivity contribution < 1.29 is 172 Å². The minimum atomic E-state index is -1.59. The summed E-state index contributed by atoms with van der Waals surface area (Å²) in [6, 6.07) is 0. The van der Waals surface area contributed by atoms with Crippen molar-refractivity contribution in [2.45, 2.75) is 372 Å². The predicted molar refractivity (Wildman–Crippen MR) is 502 cm³/mol. The molecule has 14 N–H and O–H groups in total. The molecule has 0 radical (unpaired) electrons. The van der Waals surface area contributed by atoms with Crippen LogP contribution >= 0.6 is 0 Å². The number of cyclic esters (lactones) is 6. The van der Waals surface area contributed by atoms with Gasteiger partial charge in [-0.2, -0.15) is 0 Å². The smallest absolute Gasteiger partial charge is 0.345 e. The van der Waals surface area contributed by atoms with E-state index in [2.05, 4.69) is 34.1 Å². The van der Waals surface area contributed by atoms with Crippen molar-refractivity contribution in [3.05, 3.63) is 105 Å². The number of hydrogen-bond acceptors (Lipinski definition) is 32. The number of carboxylic acids is 3. The molecule has 0 aromatic rings. The first-order valence-corrected chi connectivity index (χ1v) is 47.6. The Hall–Kier alpha value is -9.53. The van der Waals surface area contributed by atoms with Gasteiger partial charge in [0, 0.05) is 89.7 Å². The number of carbonyl (C=O) groups is 15. The zero-order chi connectivity index (χ0) is 105. The largest absolute Gasteiger partial charge is 0.478 e. The summed E-state index contributed by atoms with van der Waals surface area (Å²) in [7, 11) is 0. The van der Waals surface area contributed by atoms with Crippen LogP contribution in [0.4, 0.5) is 0 Å². The first-order valence-electron chi connectivity index (χ1n) is 47.6. The fourth-order valence-corrected chi connectivity index (χ4v) is 16.1. The highest BCUT2D eigenvalue weighted by Gasteiger charge is 2.41. The Kier molecular flexibility index (Phi) is 57.9. The fraction of sp³-hybridized carbons (Fsp3) is 0.676.